The maximum Gasteiger partial charge on any atom is 0.248 e. The lowest BCUT2D eigenvalue weighted by Crippen LogP contribution is -2.24. The molecule has 3 heterocycles. The minimum absolute atomic E-state index is 0.188. The number of amides is 1. The number of anilines is 3. The molecular weight excluding hydrogens is 516 g/mol. The zero-order chi connectivity index (χ0) is 27.0. The third-order valence-electron chi connectivity index (χ3n) is 6.17. The van der Waals surface area contributed by atoms with Crippen LogP contribution in [0.2, 0.25) is 5.02 Å². The Hall–Kier alpha value is -4.21. The molecule has 3 N–H and O–H groups in total. The van der Waals surface area contributed by atoms with Crippen molar-refractivity contribution in [1.29, 1.82) is 0 Å². The number of fused-ring (bicyclic) bond motifs is 1. The second-order valence-electron chi connectivity index (χ2n) is 8.94. The van der Waals surface area contributed by atoms with Crippen molar-refractivity contribution in [2.45, 2.75) is 26.4 Å². The van der Waals surface area contributed by atoms with Crippen LogP contribution in [-0.2, 0) is 11.4 Å². The number of aromatic nitrogens is 3. The van der Waals surface area contributed by atoms with Gasteiger partial charge in [-0.3, -0.25) is 9.78 Å². The minimum atomic E-state index is -0.188. The number of nitrogens with one attached hydrogen (secondary N) is 3. The van der Waals surface area contributed by atoms with Crippen LogP contribution in [0.25, 0.3) is 10.9 Å². The molecule has 0 radical (unpaired) electrons. The first-order valence-electron chi connectivity index (χ1n) is 12.8. The van der Waals surface area contributed by atoms with E-state index in [9.17, 15) is 4.79 Å². The highest BCUT2D eigenvalue weighted by atomic mass is 35.5. The van der Waals surface area contributed by atoms with Crippen molar-refractivity contribution >= 4 is 45.6 Å². The van der Waals surface area contributed by atoms with Gasteiger partial charge in [0.1, 0.15) is 30.3 Å². The van der Waals surface area contributed by atoms with E-state index < -0.39 is 0 Å². The number of ether oxygens (including phenoxy) is 2. The van der Waals surface area contributed by atoms with Crippen molar-refractivity contribution in [2.75, 3.05) is 30.3 Å². The van der Waals surface area contributed by atoms with Crippen molar-refractivity contribution in [3.63, 3.8) is 0 Å². The number of hydrogen-bond donors (Lipinski definition) is 3. The van der Waals surface area contributed by atoms with Gasteiger partial charge in [-0.15, -0.1) is 0 Å². The summed E-state index contributed by atoms with van der Waals surface area (Å²) >= 11 is 6.51. The second kappa shape index (κ2) is 12.6. The molecule has 10 heteroatoms. The number of rotatable bonds is 9. The fraction of sp³-hybridized carbons (Fsp3) is 0.241. The SMILES string of the molecule is CCOc1cc2ncnc(Nc3ccc(OCc4ccccn4)c(Cl)c3)c2cc1NC(=O)C=C1CCNCC1. The first-order valence-corrected chi connectivity index (χ1v) is 13.2. The first kappa shape index (κ1) is 26.4. The smallest absolute Gasteiger partial charge is 0.248 e. The van der Waals surface area contributed by atoms with E-state index in [1.54, 1.807) is 30.5 Å². The molecule has 0 unspecified atom stereocenters. The highest BCUT2D eigenvalue weighted by molar-refractivity contribution is 6.32. The van der Waals surface area contributed by atoms with E-state index in [1.165, 1.54) is 6.33 Å². The summed E-state index contributed by atoms with van der Waals surface area (Å²) in [7, 11) is 0. The van der Waals surface area contributed by atoms with Crippen LogP contribution in [0.4, 0.5) is 17.2 Å². The van der Waals surface area contributed by atoms with Crippen LogP contribution in [0.15, 0.2) is 72.7 Å². The van der Waals surface area contributed by atoms with E-state index in [-0.39, 0.29) is 5.91 Å². The molecule has 39 heavy (non-hydrogen) atoms. The number of hydrogen-bond acceptors (Lipinski definition) is 8. The van der Waals surface area contributed by atoms with Gasteiger partial charge in [-0.25, -0.2) is 9.97 Å². The molecule has 1 saturated heterocycles. The molecule has 4 aromatic rings. The highest BCUT2D eigenvalue weighted by Crippen LogP contribution is 2.35. The average Bonchev–Trinajstić information content (AvgIpc) is 2.94. The molecule has 200 valence electrons. The van der Waals surface area contributed by atoms with E-state index in [1.807, 2.05) is 37.3 Å². The number of nitrogens with zero attached hydrogens (tertiary/aromatic N) is 3. The summed E-state index contributed by atoms with van der Waals surface area (Å²) in [5, 5.41) is 10.8. The molecule has 1 aliphatic rings. The summed E-state index contributed by atoms with van der Waals surface area (Å²) in [6, 6.07) is 14.7. The van der Waals surface area contributed by atoms with E-state index in [2.05, 4.69) is 30.9 Å². The van der Waals surface area contributed by atoms with Gasteiger partial charge in [-0.1, -0.05) is 23.2 Å². The number of pyridine rings is 1. The lowest BCUT2D eigenvalue weighted by molar-refractivity contribution is -0.112. The molecule has 1 fully saturated rings. The number of benzene rings is 2. The molecule has 0 spiro atoms. The molecule has 2 aromatic carbocycles. The number of carbonyl (C=O) groups excluding carboxylic acids is 1. The monoisotopic (exact) mass is 544 g/mol. The van der Waals surface area contributed by atoms with Gasteiger partial charge >= 0.3 is 0 Å². The Labute approximate surface area is 231 Å². The van der Waals surface area contributed by atoms with Gasteiger partial charge in [0.15, 0.2) is 0 Å². The summed E-state index contributed by atoms with van der Waals surface area (Å²) in [5.41, 5.74) is 3.88. The first-order chi connectivity index (χ1) is 19.1. The van der Waals surface area contributed by atoms with E-state index in [4.69, 9.17) is 21.1 Å². The van der Waals surface area contributed by atoms with Gasteiger partial charge in [-0.2, -0.15) is 0 Å². The Kier molecular flexibility index (Phi) is 8.50. The van der Waals surface area contributed by atoms with Crippen molar-refractivity contribution in [3.05, 3.63) is 83.4 Å². The number of carbonyl (C=O) groups is 1. The lowest BCUT2D eigenvalue weighted by atomic mass is 10.1. The van der Waals surface area contributed by atoms with Crippen LogP contribution in [0.1, 0.15) is 25.5 Å². The summed E-state index contributed by atoms with van der Waals surface area (Å²) in [6.45, 7) is 4.42. The van der Waals surface area contributed by atoms with Crippen molar-refractivity contribution in [1.82, 2.24) is 20.3 Å². The summed E-state index contributed by atoms with van der Waals surface area (Å²) in [4.78, 5) is 25.9. The third kappa shape index (κ3) is 6.81. The van der Waals surface area contributed by atoms with Gasteiger partial charge in [0, 0.05) is 29.4 Å². The Balaban J connectivity index is 1.37. The third-order valence-corrected chi connectivity index (χ3v) is 6.47. The molecule has 0 aliphatic carbocycles. The standard InChI is InChI=1S/C29H29ClN6O3/c1-2-38-27-16-24-22(15-25(27)36-28(37)13-19-8-11-31-12-9-19)29(34-18-33-24)35-20-6-7-26(23(30)14-20)39-17-21-5-3-4-10-32-21/h3-7,10,13-16,18,31H,2,8-9,11-12,17H2,1H3,(H,36,37)(H,33,34,35). The molecule has 9 nitrogen and oxygen atoms in total. The fourth-order valence-corrected chi connectivity index (χ4v) is 4.51. The quantitative estimate of drug-likeness (QED) is 0.232. The van der Waals surface area contributed by atoms with Crippen LogP contribution in [0.5, 0.6) is 11.5 Å². The zero-order valence-electron chi connectivity index (χ0n) is 21.5. The molecular formula is C29H29ClN6O3. The van der Waals surface area contributed by atoms with Gasteiger partial charge in [0.25, 0.3) is 0 Å². The fourth-order valence-electron chi connectivity index (χ4n) is 4.27. The van der Waals surface area contributed by atoms with E-state index >= 15 is 0 Å². The maximum atomic E-state index is 12.8. The molecule has 0 saturated carbocycles. The summed E-state index contributed by atoms with van der Waals surface area (Å²) in [5.74, 6) is 1.47. The molecule has 1 amide bonds. The predicted octanol–water partition coefficient (Wildman–Crippen LogP) is 5.65. The van der Waals surface area contributed by atoms with Crippen LogP contribution < -0.4 is 25.4 Å². The van der Waals surface area contributed by atoms with Crippen molar-refractivity contribution in [2.24, 2.45) is 0 Å². The van der Waals surface area contributed by atoms with Crippen molar-refractivity contribution < 1.29 is 14.3 Å². The zero-order valence-corrected chi connectivity index (χ0v) is 22.3. The molecule has 2 aromatic heterocycles. The average molecular weight is 545 g/mol. The topological polar surface area (TPSA) is 110 Å². The molecule has 0 atom stereocenters. The number of halogens is 1. The van der Waals surface area contributed by atoms with Gasteiger partial charge in [0.2, 0.25) is 5.91 Å². The van der Waals surface area contributed by atoms with Crippen LogP contribution in [-0.4, -0.2) is 40.6 Å². The Bertz CT molecular complexity index is 1490. The van der Waals surface area contributed by atoms with Crippen LogP contribution in [0.3, 0.4) is 0 Å². The van der Waals surface area contributed by atoms with Crippen LogP contribution in [0, 0.1) is 0 Å². The Morgan fingerprint density at radius 2 is 1.92 bits per heavy atom. The predicted molar refractivity (Wildman–Crippen MR) is 153 cm³/mol. The highest BCUT2D eigenvalue weighted by Gasteiger charge is 2.15. The number of piperidine rings is 1. The van der Waals surface area contributed by atoms with Gasteiger partial charge < -0.3 is 25.4 Å². The van der Waals surface area contributed by atoms with Gasteiger partial charge in [-0.05, 0) is 69.3 Å². The van der Waals surface area contributed by atoms with Gasteiger partial charge in [0.05, 0.1) is 28.5 Å². The normalized spacial score (nSPS) is 13.1. The molecule has 5 rings (SSSR count). The molecule has 1 aliphatic heterocycles. The van der Waals surface area contributed by atoms with Crippen molar-refractivity contribution in [3.8, 4) is 11.5 Å². The maximum absolute atomic E-state index is 12.8. The second-order valence-corrected chi connectivity index (χ2v) is 9.35. The van der Waals surface area contributed by atoms with E-state index in [0.29, 0.717) is 46.8 Å². The molecule has 0 bridgehead atoms. The Morgan fingerprint density at radius 1 is 1.05 bits per heavy atom. The lowest BCUT2D eigenvalue weighted by Gasteiger charge is -2.16. The largest absolute Gasteiger partial charge is 0.492 e. The Morgan fingerprint density at radius 3 is 2.69 bits per heavy atom. The van der Waals surface area contributed by atoms with E-state index in [0.717, 1.165) is 48.3 Å². The summed E-state index contributed by atoms with van der Waals surface area (Å²) in [6.07, 6.45) is 6.61. The van der Waals surface area contributed by atoms with Crippen LogP contribution >= 0.6 is 11.6 Å². The minimum Gasteiger partial charge on any atom is -0.492 e. The summed E-state index contributed by atoms with van der Waals surface area (Å²) < 4.78 is 11.6.